The van der Waals surface area contributed by atoms with Crippen LogP contribution in [0.5, 0.6) is 0 Å². The fraction of sp³-hybridized carbons (Fsp3) is 0.702. The van der Waals surface area contributed by atoms with Crippen molar-refractivity contribution in [2.24, 2.45) is 50.9 Å². The Balaban J connectivity index is 6.57. The van der Waals surface area contributed by atoms with Gasteiger partial charge in [-0.3, -0.25) is 62.5 Å². The summed E-state index contributed by atoms with van der Waals surface area (Å²) in [5.74, 6) is -15.7. The van der Waals surface area contributed by atoms with Crippen molar-refractivity contribution in [3.63, 3.8) is 0 Å². The van der Waals surface area contributed by atoms with Crippen LogP contribution in [0.25, 0.3) is 0 Å². The van der Waals surface area contributed by atoms with E-state index < -0.39 is 189 Å². The van der Waals surface area contributed by atoms with Gasteiger partial charge in [-0.1, -0.05) is 6.42 Å². The Morgan fingerprint density at radius 2 is 0.675 bits per heavy atom. The summed E-state index contributed by atoms with van der Waals surface area (Å²) >= 11 is 0. The van der Waals surface area contributed by atoms with E-state index >= 15 is 0 Å². The van der Waals surface area contributed by atoms with Crippen LogP contribution in [0.1, 0.15) is 103 Å². The summed E-state index contributed by atoms with van der Waals surface area (Å²) in [6.07, 6.45) is -1.36. The van der Waals surface area contributed by atoms with Crippen molar-refractivity contribution in [3.8, 4) is 0 Å². The zero-order valence-corrected chi connectivity index (χ0v) is 46.1. The van der Waals surface area contributed by atoms with E-state index in [0.717, 1.165) is 0 Å². The first-order chi connectivity index (χ1) is 39.2. The van der Waals surface area contributed by atoms with Gasteiger partial charge in [0.05, 0.1) is 32.3 Å². The molecule has 36 heteroatoms. The predicted octanol–water partition coefficient (Wildman–Crippen LogP) is -10.8. The average Bonchev–Trinajstić information content (AvgIpc) is 3.47. The van der Waals surface area contributed by atoms with Crippen LogP contribution < -0.4 is 93.7 Å². The van der Waals surface area contributed by atoms with Crippen molar-refractivity contribution in [3.05, 3.63) is 0 Å². The van der Waals surface area contributed by atoms with Crippen molar-refractivity contribution in [2.75, 3.05) is 46.0 Å². The molecule has 0 aliphatic carbocycles. The maximum Gasteiger partial charge on any atom is 0.326 e. The number of carbonyl (C=O) groups excluding carboxylic acids is 11. The minimum absolute atomic E-state index is 0.0213. The molecule has 0 aromatic heterocycles. The van der Waals surface area contributed by atoms with Gasteiger partial charge in [-0.15, -0.1) is 0 Å². The first kappa shape index (κ1) is 75.1. The van der Waals surface area contributed by atoms with Crippen LogP contribution >= 0.6 is 0 Å². The summed E-state index contributed by atoms with van der Waals surface area (Å²) in [5.41, 5.74) is 43.8. The number of carboxylic acid groups (broad SMARTS) is 2. The van der Waals surface area contributed by atoms with Gasteiger partial charge >= 0.3 is 11.9 Å². The molecular weight excluding hydrogens is 1100 g/mol. The minimum Gasteiger partial charge on any atom is -0.481 e. The van der Waals surface area contributed by atoms with Gasteiger partial charge in [-0.2, -0.15) is 0 Å². The Hall–Kier alpha value is -7.90. The number of nitrogens with two attached hydrogens (primary N) is 8. The lowest BCUT2D eigenvalue weighted by molar-refractivity contribution is -0.143. The number of aliphatic carboxylic acids is 2. The van der Waals surface area contributed by atoms with E-state index in [0.29, 0.717) is 32.2 Å². The van der Waals surface area contributed by atoms with Crippen LogP contribution in [0.15, 0.2) is 4.99 Å². The molecule has 0 fully saturated rings. The zero-order valence-electron chi connectivity index (χ0n) is 46.1. The van der Waals surface area contributed by atoms with Crippen molar-refractivity contribution in [1.29, 1.82) is 0 Å². The molecule has 0 spiro atoms. The first-order valence-electron chi connectivity index (χ1n) is 26.7. The standard InChI is InChI=1S/C47H86N18O18/c48-16-4-1-8-24(51)37(73)57-25(9-2-5-17-49)39(75)63-33(23-68)45(81)65-31(21-66)43(79)60-27(12-14-34(52)69)40(76)58-26(10-3-6-18-50)38(74)59-28(13-15-36(71)72)41(77)64-32(22-67)44(80)62-30(20-35(53)70)42(78)61-29(46(82)83)11-7-19-56-47(54)55/h24-33,66-68H,1-23,48-51H2,(H2,52,69)(H2,53,70)(H,57,73)(H,58,76)(H,59,74)(H,60,79)(H,61,78)(H,62,80)(H,63,75)(H,64,77)(H,65,81)(H,71,72)(H,82,83)(H4,54,55,56)/t24-,25-,26-,27-,28-,29-,30-,31-,32-,33-/m0/s1. The molecule has 83 heavy (non-hydrogen) atoms. The number of aliphatic imine (C=N–C) groups is 1. The van der Waals surface area contributed by atoms with Gasteiger partial charge in [0.1, 0.15) is 54.4 Å². The third kappa shape index (κ3) is 31.8. The lowest BCUT2D eigenvalue weighted by atomic mass is 10.0. The monoisotopic (exact) mass is 1190 g/mol. The number of hydrogen-bond acceptors (Lipinski definition) is 21. The average molecular weight is 1190 g/mol. The molecule has 0 rings (SSSR count). The molecule has 0 bridgehead atoms. The van der Waals surface area contributed by atoms with E-state index in [2.05, 4.69) is 52.8 Å². The van der Waals surface area contributed by atoms with Gasteiger partial charge in [0.25, 0.3) is 0 Å². The van der Waals surface area contributed by atoms with E-state index in [1.807, 2.05) is 0 Å². The Labute approximate surface area is 477 Å². The number of rotatable bonds is 46. The number of carboxylic acids is 2. The molecule has 0 aliphatic heterocycles. The molecule has 11 amide bonds. The topological polar surface area (TPSA) is 652 Å². The van der Waals surface area contributed by atoms with Gasteiger partial charge < -0.3 is 119 Å². The zero-order chi connectivity index (χ0) is 63.2. The number of unbranched alkanes of at least 4 members (excludes halogenated alkanes) is 3. The maximum absolute atomic E-state index is 14.0. The smallest absolute Gasteiger partial charge is 0.326 e. The molecule has 0 aliphatic rings. The number of aliphatic hydroxyl groups is 3. The summed E-state index contributed by atoms with van der Waals surface area (Å²) in [5, 5.41) is 69.7. The first-order valence-corrected chi connectivity index (χ1v) is 26.7. The lowest BCUT2D eigenvalue weighted by Gasteiger charge is -2.27. The lowest BCUT2D eigenvalue weighted by Crippen LogP contribution is -2.61. The molecule has 472 valence electrons. The van der Waals surface area contributed by atoms with Gasteiger partial charge in [0.2, 0.25) is 65.0 Å². The molecule has 30 N–H and O–H groups in total. The van der Waals surface area contributed by atoms with Crippen molar-refractivity contribution < 1.29 is 87.9 Å². The van der Waals surface area contributed by atoms with Gasteiger partial charge in [-0.25, -0.2) is 4.79 Å². The number of amides is 11. The van der Waals surface area contributed by atoms with Crippen molar-refractivity contribution in [2.45, 2.75) is 163 Å². The van der Waals surface area contributed by atoms with Crippen LogP contribution in [0, 0.1) is 0 Å². The summed E-state index contributed by atoms with van der Waals surface area (Å²) < 4.78 is 0. The summed E-state index contributed by atoms with van der Waals surface area (Å²) in [6, 6.07) is -16.7. The van der Waals surface area contributed by atoms with Gasteiger partial charge in [-0.05, 0) is 96.7 Å². The molecule has 36 nitrogen and oxygen atoms in total. The normalized spacial score (nSPS) is 14.5. The van der Waals surface area contributed by atoms with Crippen LogP contribution in [0.4, 0.5) is 0 Å². The molecular formula is C47H86N18O18. The van der Waals surface area contributed by atoms with E-state index in [4.69, 9.17) is 45.9 Å². The molecule has 0 saturated heterocycles. The molecule has 0 saturated carbocycles. The molecule has 0 radical (unpaired) electrons. The second kappa shape index (κ2) is 42.0. The Morgan fingerprint density at radius 3 is 1.02 bits per heavy atom. The highest BCUT2D eigenvalue weighted by Gasteiger charge is 2.36. The Bertz CT molecular complexity index is 2190. The van der Waals surface area contributed by atoms with Crippen LogP contribution in [-0.4, -0.2) is 215 Å². The minimum atomic E-state index is -2.00. The number of nitrogens with one attached hydrogen (secondary N) is 9. The van der Waals surface area contributed by atoms with Crippen molar-refractivity contribution >= 4 is 82.9 Å². The molecule has 0 aromatic carbocycles. The third-order valence-corrected chi connectivity index (χ3v) is 12.1. The molecule has 0 aromatic rings. The van der Waals surface area contributed by atoms with Crippen LogP contribution in [-0.2, 0) is 62.3 Å². The van der Waals surface area contributed by atoms with Gasteiger partial charge in [0.15, 0.2) is 5.96 Å². The Kier molecular flexibility index (Phi) is 38.0. The number of carbonyl (C=O) groups is 13. The number of guanidine groups is 1. The maximum atomic E-state index is 14.0. The highest BCUT2D eigenvalue weighted by Crippen LogP contribution is 2.10. The third-order valence-electron chi connectivity index (χ3n) is 12.1. The fourth-order valence-electron chi connectivity index (χ4n) is 7.47. The number of nitrogens with zero attached hydrogens (tertiary/aromatic N) is 1. The van der Waals surface area contributed by atoms with E-state index in [1.54, 1.807) is 0 Å². The summed E-state index contributed by atoms with van der Waals surface area (Å²) in [6.45, 7) is -2.75. The van der Waals surface area contributed by atoms with Crippen LogP contribution in [0.2, 0.25) is 0 Å². The number of aliphatic hydroxyl groups excluding tert-OH is 3. The van der Waals surface area contributed by atoms with Crippen molar-refractivity contribution in [1.82, 2.24) is 47.9 Å². The highest BCUT2D eigenvalue weighted by atomic mass is 16.4. The summed E-state index contributed by atoms with van der Waals surface area (Å²) in [7, 11) is 0. The van der Waals surface area contributed by atoms with E-state index in [1.165, 1.54) is 0 Å². The predicted molar refractivity (Wildman–Crippen MR) is 292 cm³/mol. The molecule has 10 atom stereocenters. The second-order valence-electron chi connectivity index (χ2n) is 19.0. The largest absolute Gasteiger partial charge is 0.481 e. The highest BCUT2D eigenvalue weighted by molar-refractivity contribution is 5.99. The SMILES string of the molecule is NCCCC[C@H](NC(=O)[C@H](CCC(N)=O)NC(=O)[C@H](CO)NC(=O)[C@H](CO)NC(=O)[C@H](CCCCN)NC(=O)[C@@H](N)CCCCN)C(=O)N[C@@H](CCC(=O)O)C(=O)N[C@@H](CO)C(=O)N[C@@H](CC(N)=O)C(=O)N[C@@H](CCCN=C(N)N)C(=O)O. The fourth-order valence-corrected chi connectivity index (χ4v) is 7.47. The van der Waals surface area contributed by atoms with Crippen LogP contribution in [0.3, 0.4) is 0 Å². The summed E-state index contributed by atoms with van der Waals surface area (Å²) in [4.78, 5) is 173. The van der Waals surface area contributed by atoms with E-state index in [-0.39, 0.29) is 70.5 Å². The molecule has 0 heterocycles. The van der Waals surface area contributed by atoms with Gasteiger partial charge in [0, 0.05) is 19.4 Å². The number of primary amides is 2. The number of hydrogen-bond donors (Lipinski definition) is 22. The Morgan fingerprint density at radius 1 is 0.361 bits per heavy atom. The van der Waals surface area contributed by atoms with E-state index in [9.17, 15) is 87.9 Å². The second-order valence-corrected chi connectivity index (χ2v) is 19.0. The molecule has 0 unspecified atom stereocenters. The quantitative estimate of drug-likeness (QED) is 0.0153.